The van der Waals surface area contributed by atoms with E-state index in [-0.39, 0.29) is 5.91 Å². The number of amides is 1. The third-order valence-corrected chi connectivity index (χ3v) is 6.66. The van der Waals surface area contributed by atoms with E-state index in [1.165, 1.54) is 10.3 Å². The molecule has 3 aromatic rings. The van der Waals surface area contributed by atoms with E-state index in [1.807, 2.05) is 30.3 Å². The number of para-hydroxylation sites is 1. The summed E-state index contributed by atoms with van der Waals surface area (Å²) in [4.78, 5) is 21.6. The van der Waals surface area contributed by atoms with Gasteiger partial charge in [0.05, 0.1) is 23.2 Å². The van der Waals surface area contributed by atoms with Crippen LogP contribution in [0.3, 0.4) is 0 Å². The molecule has 2 heterocycles. The number of nitrogens with zero attached hydrogens (tertiary/aromatic N) is 3. The fraction of sp³-hybridized carbons (Fsp3) is 0.417. The zero-order chi connectivity index (χ0) is 21.5. The number of carbonyl (C=O) groups is 1. The molecule has 0 bridgehead atoms. The van der Waals surface area contributed by atoms with Crippen molar-refractivity contribution in [1.29, 1.82) is 0 Å². The lowest BCUT2D eigenvalue weighted by Gasteiger charge is -2.34. The second kappa shape index (κ2) is 10.6. The summed E-state index contributed by atoms with van der Waals surface area (Å²) < 4.78 is 6.85. The molecule has 1 fully saturated rings. The molecule has 31 heavy (non-hydrogen) atoms. The first-order chi connectivity index (χ1) is 15.2. The largest absolute Gasteiger partial charge is 0.493 e. The van der Waals surface area contributed by atoms with Crippen LogP contribution >= 0.6 is 11.3 Å². The molecule has 1 aromatic heterocycles. The van der Waals surface area contributed by atoms with Gasteiger partial charge >= 0.3 is 0 Å². The predicted molar refractivity (Wildman–Crippen MR) is 127 cm³/mol. The first kappa shape index (κ1) is 21.6. The van der Waals surface area contributed by atoms with Crippen molar-refractivity contribution in [2.24, 2.45) is 0 Å². The van der Waals surface area contributed by atoms with Gasteiger partial charge in [0.2, 0.25) is 5.91 Å². The number of rotatable bonds is 9. The minimum atomic E-state index is 0.0375. The summed E-state index contributed by atoms with van der Waals surface area (Å²) in [5.41, 5.74) is 2.46. The summed E-state index contributed by atoms with van der Waals surface area (Å²) in [5.74, 6) is 0.836. The van der Waals surface area contributed by atoms with Gasteiger partial charge in [0.25, 0.3) is 0 Å². The molecule has 1 saturated heterocycles. The number of hydrogen-bond donors (Lipinski definition) is 1. The summed E-state index contributed by atoms with van der Waals surface area (Å²) in [5, 5.41) is 4.12. The van der Waals surface area contributed by atoms with Crippen molar-refractivity contribution in [3.63, 3.8) is 0 Å². The topological polar surface area (TPSA) is 57.7 Å². The zero-order valence-electron chi connectivity index (χ0n) is 18.0. The Morgan fingerprint density at radius 2 is 1.94 bits per heavy atom. The van der Waals surface area contributed by atoms with E-state index in [2.05, 4.69) is 40.2 Å². The summed E-state index contributed by atoms with van der Waals surface area (Å²) in [6.07, 6.45) is 1.43. The maximum absolute atomic E-state index is 12.0. The summed E-state index contributed by atoms with van der Waals surface area (Å²) in [6, 6.07) is 16.2. The summed E-state index contributed by atoms with van der Waals surface area (Å²) >= 11 is 1.79. The molecule has 2 aromatic carbocycles. The molecule has 0 atom stereocenters. The Kier molecular flexibility index (Phi) is 7.38. The van der Waals surface area contributed by atoms with Crippen molar-refractivity contribution in [1.82, 2.24) is 15.2 Å². The molecule has 0 saturated carbocycles. The minimum absolute atomic E-state index is 0.0375. The third kappa shape index (κ3) is 5.95. The standard InChI is InChI=1S/C24H30N4O2S/c1-2-19-8-9-21-22(18-19)31-24(26-21)28-15-13-27(14-16-28)12-11-25-23(29)10-17-30-20-6-4-3-5-7-20/h3-9,18H,2,10-17H2,1H3,(H,25,29). The van der Waals surface area contributed by atoms with E-state index in [0.29, 0.717) is 19.6 Å². The van der Waals surface area contributed by atoms with Crippen LogP contribution in [0.15, 0.2) is 48.5 Å². The Balaban J connectivity index is 1.15. The number of piperazine rings is 1. The molecular formula is C24H30N4O2S. The number of carbonyl (C=O) groups excluding carboxylic acids is 1. The molecule has 164 valence electrons. The molecule has 4 rings (SSSR count). The van der Waals surface area contributed by atoms with Crippen molar-refractivity contribution in [3.05, 3.63) is 54.1 Å². The van der Waals surface area contributed by atoms with Crippen molar-refractivity contribution in [2.75, 3.05) is 50.8 Å². The maximum atomic E-state index is 12.0. The van der Waals surface area contributed by atoms with Gasteiger partial charge in [0.15, 0.2) is 5.13 Å². The van der Waals surface area contributed by atoms with E-state index in [9.17, 15) is 4.79 Å². The molecular weight excluding hydrogens is 408 g/mol. The number of ether oxygens (including phenoxy) is 1. The molecule has 7 heteroatoms. The second-order valence-corrected chi connectivity index (χ2v) is 8.75. The maximum Gasteiger partial charge on any atom is 0.223 e. The Hall–Kier alpha value is -2.64. The molecule has 1 amide bonds. The summed E-state index contributed by atoms with van der Waals surface area (Å²) in [7, 11) is 0. The van der Waals surface area contributed by atoms with Gasteiger partial charge in [0, 0.05) is 39.3 Å². The average Bonchev–Trinajstić information content (AvgIpc) is 3.23. The molecule has 0 radical (unpaired) electrons. The van der Waals surface area contributed by atoms with E-state index in [0.717, 1.165) is 55.5 Å². The number of fused-ring (bicyclic) bond motifs is 1. The summed E-state index contributed by atoms with van der Waals surface area (Å²) in [6.45, 7) is 8.05. The van der Waals surface area contributed by atoms with Gasteiger partial charge in [-0.25, -0.2) is 4.98 Å². The Labute approximate surface area is 187 Å². The number of benzene rings is 2. The van der Waals surface area contributed by atoms with Crippen LogP contribution < -0.4 is 15.0 Å². The van der Waals surface area contributed by atoms with E-state index >= 15 is 0 Å². The SMILES string of the molecule is CCc1ccc2nc(N3CCN(CCNC(=O)CCOc4ccccc4)CC3)sc2c1. The molecule has 1 aliphatic rings. The average molecular weight is 439 g/mol. The number of hydrogen-bond acceptors (Lipinski definition) is 6. The van der Waals surface area contributed by atoms with Crippen LogP contribution in [-0.2, 0) is 11.2 Å². The van der Waals surface area contributed by atoms with Crippen LogP contribution in [0, 0.1) is 0 Å². The fourth-order valence-electron chi connectivity index (χ4n) is 3.69. The second-order valence-electron chi connectivity index (χ2n) is 7.74. The zero-order valence-corrected chi connectivity index (χ0v) is 18.9. The third-order valence-electron chi connectivity index (χ3n) is 5.58. The lowest BCUT2D eigenvalue weighted by molar-refractivity contribution is -0.121. The highest BCUT2D eigenvalue weighted by Crippen LogP contribution is 2.30. The van der Waals surface area contributed by atoms with Gasteiger partial charge in [-0.15, -0.1) is 0 Å². The van der Waals surface area contributed by atoms with Crippen molar-refractivity contribution >= 4 is 32.6 Å². The van der Waals surface area contributed by atoms with E-state index in [4.69, 9.17) is 9.72 Å². The highest BCUT2D eigenvalue weighted by molar-refractivity contribution is 7.22. The Morgan fingerprint density at radius 1 is 1.13 bits per heavy atom. The Morgan fingerprint density at radius 3 is 2.71 bits per heavy atom. The number of anilines is 1. The molecule has 1 N–H and O–H groups in total. The van der Waals surface area contributed by atoms with Gasteiger partial charge in [-0.1, -0.05) is 42.5 Å². The first-order valence-corrected chi connectivity index (χ1v) is 11.8. The minimum Gasteiger partial charge on any atom is -0.493 e. The van der Waals surface area contributed by atoms with Gasteiger partial charge in [0.1, 0.15) is 5.75 Å². The van der Waals surface area contributed by atoms with Gasteiger partial charge in [-0.05, 0) is 36.2 Å². The lowest BCUT2D eigenvalue weighted by Crippen LogP contribution is -2.48. The van der Waals surface area contributed by atoms with Crippen LogP contribution in [0.5, 0.6) is 5.75 Å². The molecule has 1 aliphatic heterocycles. The number of aromatic nitrogens is 1. The molecule has 0 spiro atoms. The van der Waals surface area contributed by atoms with Crippen molar-refractivity contribution < 1.29 is 9.53 Å². The number of nitrogens with one attached hydrogen (secondary N) is 1. The molecule has 0 unspecified atom stereocenters. The highest BCUT2D eigenvalue weighted by Gasteiger charge is 2.19. The van der Waals surface area contributed by atoms with Crippen molar-refractivity contribution in [3.8, 4) is 5.75 Å². The monoisotopic (exact) mass is 438 g/mol. The predicted octanol–water partition coefficient (Wildman–Crippen LogP) is 3.57. The highest BCUT2D eigenvalue weighted by atomic mass is 32.1. The normalized spacial score (nSPS) is 14.7. The fourth-order valence-corrected chi connectivity index (χ4v) is 4.78. The quantitative estimate of drug-likeness (QED) is 0.554. The van der Waals surface area contributed by atoms with Gasteiger partial charge in [-0.3, -0.25) is 9.69 Å². The number of thiazole rings is 1. The lowest BCUT2D eigenvalue weighted by atomic mass is 10.2. The first-order valence-electron chi connectivity index (χ1n) is 11.0. The molecule has 6 nitrogen and oxygen atoms in total. The van der Waals surface area contributed by atoms with E-state index < -0.39 is 0 Å². The van der Waals surface area contributed by atoms with Crippen LogP contribution in [0.1, 0.15) is 18.9 Å². The van der Waals surface area contributed by atoms with Gasteiger partial charge < -0.3 is 15.0 Å². The van der Waals surface area contributed by atoms with Crippen LogP contribution in [-0.4, -0.2) is 61.7 Å². The number of aryl methyl sites for hydroxylation is 1. The van der Waals surface area contributed by atoms with Crippen molar-refractivity contribution in [2.45, 2.75) is 19.8 Å². The van der Waals surface area contributed by atoms with E-state index in [1.54, 1.807) is 11.3 Å². The molecule has 0 aliphatic carbocycles. The van der Waals surface area contributed by atoms with Gasteiger partial charge in [-0.2, -0.15) is 0 Å². The smallest absolute Gasteiger partial charge is 0.223 e. The van der Waals surface area contributed by atoms with Crippen LogP contribution in [0.4, 0.5) is 5.13 Å². The van der Waals surface area contributed by atoms with Crippen LogP contribution in [0.25, 0.3) is 10.2 Å². The Bertz CT molecular complexity index is 984. The van der Waals surface area contributed by atoms with Crippen LogP contribution in [0.2, 0.25) is 0 Å².